The van der Waals surface area contributed by atoms with E-state index in [1.165, 1.54) is 4.90 Å². The topological polar surface area (TPSA) is 65.1 Å². The summed E-state index contributed by atoms with van der Waals surface area (Å²) in [5.74, 6) is 0.417. The average Bonchev–Trinajstić information content (AvgIpc) is 3.19. The molecule has 184 valence electrons. The summed E-state index contributed by atoms with van der Waals surface area (Å²) in [6.07, 6.45) is 4.86. The van der Waals surface area contributed by atoms with E-state index >= 15 is 0 Å². The van der Waals surface area contributed by atoms with Crippen molar-refractivity contribution in [3.05, 3.63) is 35.9 Å². The van der Waals surface area contributed by atoms with E-state index in [9.17, 15) is 9.59 Å². The molecule has 1 aliphatic rings. The quantitative estimate of drug-likeness (QED) is 0.369. The van der Waals surface area contributed by atoms with Crippen LogP contribution in [-0.4, -0.2) is 56.1 Å². The average molecular weight is 476 g/mol. The monoisotopic (exact) mass is 475 g/mol. The number of carbonyl (C=O) groups is 2. The summed E-state index contributed by atoms with van der Waals surface area (Å²) in [6.45, 7) is 17.0. The van der Waals surface area contributed by atoms with Crippen molar-refractivity contribution in [1.82, 2.24) is 4.90 Å². The third-order valence-electron chi connectivity index (χ3n) is 6.60. The number of methoxy groups -OCH3 is 1. The van der Waals surface area contributed by atoms with Gasteiger partial charge in [-0.1, -0.05) is 52.1 Å². The second-order valence-corrected chi connectivity index (χ2v) is 16.8. The number of amides is 1. The molecule has 1 saturated heterocycles. The molecule has 1 aromatic carbocycles. The number of benzene rings is 1. The Balaban J connectivity index is 2.27. The molecule has 2 rings (SSSR count). The number of rotatable bonds is 6. The first-order valence-electron chi connectivity index (χ1n) is 11.7. The van der Waals surface area contributed by atoms with Crippen LogP contribution in [0.5, 0.6) is 5.75 Å². The van der Waals surface area contributed by atoms with Crippen LogP contribution < -0.4 is 4.74 Å². The largest absolute Gasteiger partial charge is 0.497 e. The number of ether oxygens (including phenoxy) is 3. The number of esters is 1. The Labute approximate surface area is 200 Å². The molecule has 0 saturated carbocycles. The van der Waals surface area contributed by atoms with Crippen molar-refractivity contribution < 1.29 is 23.8 Å². The van der Waals surface area contributed by atoms with Crippen LogP contribution in [0.4, 0.5) is 4.79 Å². The molecule has 1 unspecified atom stereocenters. The maximum absolute atomic E-state index is 13.3. The van der Waals surface area contributed by atoms with Gasteiger partial charge in [0.05, 0.1) is 7.11 Å². The zero-order valence-electron chi connectivity index (χ0n) is 21.7. The van der Waals surface area contributed by atoms with Crippen molar-refractivity contribution in [1.29, 1.82) is 0 Å². The van der Waals surface area contributed by atoms with Gasteiger partial charge in [-0.3, -0.25) is 4.90 Å². The first-order valence-corrected chi connectivity index (χ1v) is 14.8. The lowest BCUT2D eigenvalue weighted by Gasteiger charge is -2.41. The van der Waals surface area contributed by atoms with Crippen LogP contribution >= 0.6 is 0 Å². The molecule has 0 radical (unpaired) electrons. The van der Waals surface area contributed by atoms with E-state index in [0.717, 1.165) is 17.7 Å². The van der Waals surface area contributed by atoms with Gasteiger partial charge >= 0.3 is 12.1 Å². The first kappa shape index (κ1) is 27.0. The van der Waals surface area contributed by atoms with Gasteiger partial charge in [0, 0.05) is 6.54 Å². The zero-order valence-corrected chi connectivity index (χ0v) is 22.7. The minimum absolute atomic E-state index is 0.00278. The lowest BCUT2D eigenvalue weighted by molar-refractivity contribution is -0.149. The Bertz CT molecular complexity index is 866. The number of nitrogens with zero attached hydrogens (tertiary/aromatic N) is 1. The molecule has 0 bridgehead atoms. The van der Waals surface area contributed by atoms with Gasteiger partial charge in [-0.25, -0.2) is 9.59 Å². The minimum Gasteiger partial charge on any atom is -0.497 e. The van der Waals surface area contributed by atoms with Crippen LogP contribution in [0.1, 0.15) is 59.9 Å². The van der Waals surface area contributed by atoms with Crippen LogP contribution in [0, 0.1) is 0 Å². The molecule has 1 heterocycles. The Hall–Kier alpha value is -2.28. The van der Waals surface area contributed by atoms with Crippen LogP contribution in [0.15, 0.2) is 30.3 Å². The van der Waals surface area contributed by atoms with E-state index in [4.69, 9.17) is 14.2 Å². The molecule has 0 aliphatic carbocycles. The van der Waals surface area contributed by atoms with Gasteiger partial charge in [0.15, 0.2) is 0 Å². The second-order valence-electron chi connectivity index (χ2n) is 11.3. The highest BCUT2D eigenvalue weighted by Crippen LogP contribution is 2.40. The summed E-state index contributed by atoms with van der Waals surface area (Å²) in [7, 11) is -0.467. The number of hydrogen-bond donors (Lipinski definition) is 0. The molecule has 1 aromatic rings. The predicted octanol–water partition coefficient (Wildman–Crippen LogP) is 6.07. The Kier molecular flexibility index (Phi) is 8.44. The van der Waals surface area contributed by atoms with E-state index in [2.05, 4.69) is 33.9 Å². The molecule has 33 heavy (non-hydrogen) atoms. The van der Waals surface area contributed by atoms with Crippen LogP contribution in [0.25, 0.3) is 6.08 Å². The van der Waals surface area contributed by atoms with Gasteiger partial charge in [-0.05, 0) is 62.4 Å². The maximum atomic E-state index is 13.3. The summed E-state index contributed by atoms with van der Waals surface area (Å²) in [4.78, 5) is 27.5. The molecule has 6 nitrogen and oxygen atoms in total. The summed E-state index contributed by atoms with van der Waals surface area (Å²) in [5.41, 5.74) is 0.0136. The molecule has 1 amide bonds. The standard InChI is InChI=1S/C26H41NO5Si/c1-25(2,3)32-24(29)27-17-11-14-21(27)23(28)31-22(33(8,9)26(4,5)6)16-15-19-12-10-13-20(18-19)30-7/h10,12-13,15-16,18,21-22H,11,14,17H2,1-9H3/b16-15+/t21-,22?/m0/s1. The number of likely N-dealkylation sites (tertiary alicyclic amines) is 1. The van der Waals surface area contributed by atoms with Crippen molar-refractivity contribution in [2.75, 3.05) is 13.7 Å². The van der Waals surface area contributed by atoms with Gasteiger partial charge in [0.25, 0.3) is 0 Å². The van der Waals surface area contributed by atoms with Gasteiger partial charge in [-0.2, -0.15) is 0 Å². The summed E-state index contributed by atoms with van der Waals surface area (Å²) >= 11 is 0. The lowest BCUT2D eigenvalue weighted by Crippen LogP contribution is -2.52. The summed E-state index contributed by atoms with van der Waals surface area (Å²) < 4.78 is 17.0. The third-order valence-corrected chi connectivity index (χ3v) is 12.2. The van der Waals surface area contributed by atoms with Crippen molar-refractivity contribution in [2.24, 2.45) is 0 Å². The van der Waals surface area contributed by atoms with Crippen LogP contribution in [-0.2, 0) is 14.3 Å². The molecule has 0 spiro atoms. The smallest absolute Gasteiger partial charge is 0.411 e. The maximum Gasteiger partial charge on any atom is 0.411 e. The van der Waals surface area contributed by atoms with E-state index in [0.29, 0.717) is 13.0 Å². The lowest BCUT2D eigenvalue weighted by atomic mass is 10.2. The summed E-state index contributed by atoms with van der Waals surface area (Å²) in [5, 5.41) is -0.00278. The van der Waals surface area contributed by atoms with Crippen LogP contribution in [0.3, 0.4) is 0 Å². The molecule has 0 N–H and O–H groups in total. The van der Waals surface area contributed by atoms with Crippen molar-refractivity contribution >= 4 is 26.2 Å². The van der Waals surface area contributed by atoms with Gasteiger partial charge < -0.3 is 14.2 Å². The molecule has 1 aliphatic heterocycles. The van der Waals surface area contributed by atoms with Crippen molar-refractivity contribution in [3.8, 4) is 5.75 Å². The Morgan fingerprint density at radius 3 is 2.39 bits per heavy atom. The van der Waals surface area contributed by atoms with Crippen molar-refractivity contribution in [3.63, 3.8) is 0 Å². The molecular weight excluding hydrogens is 434 g/mol. The fraction of sp³-hybridized carbons (Fsp3) is 0.615. The van der Waals surface area contributed by atoms with E-state index < -0.39 is 25.8 Å². The molecule has 7 heteroatoms. The summed E-state index contributed by atoms with van der Waals surface area (Å²) in [6, 6.07) is 7.15. The second kappa shape index (κ2) is 10.3. The normalized spacial score (nSPS) is 18.3. The van der Waals surface area contributed by atoms with Gasteiger partial charge in [-0.15, -0.1) is 0 Å². The van der Waals surface area contributed by atoms with E-state index in [1.54, 1.807) is 7.11 Å². The zero-order chi connectivity index (χ0) is 25.0. The Morgan fingerprint density at radius 1 is 1.15 bits per heavy atom. The molecule has 1 fully saturated rings. The number of hydrogen-bond acceptors (Lipinski definition) is 5. The van der Waals surface area contributed by atoms with E-state index in [-0.39, 0.29) is 16.7 Å². The Morgan fingerprint density at radius 2 is 1.82 bits per heavy atom. The van der Waals surface area contributed by atoms with Gasteiger partial charge in [0.2, 0.25) is 0 Å². The highest BCUT2D eigenvalue weighted by molar-refractivity contribution is 6.81. The first-order chi connectivity index (χ1) is 15.2. The molecule has 0 aromatic heterocycles. The van der Waals surface area contributed by atoms with Gasteiger partial charge in [0.1, 0.15) is 31.2 Å². The third kappa shape index (κ3) is 7.10. The van der Waals surface area contributed by atoms with Crippen molar-refractivity contribution in [2.45, 2.75) is 89.9 Å². The fourth-order valence-corrected chi connectivity index (χ4v) is 5.39. The highest BCUT2D eigenvalue weighted by atomic mass is 28.3. The molecular formula is C26H41NO5Si. The fourth-order valence-electron chi connectivity index (χ4n) is 3.55. The highest BCUT2D eigenvalue weighted by Gasteiger charge is 2.45. The minimum atomic E-state index is -2.11. The number of carbonyl (C=O) groups excluding carboxylic acids is 2. The predicted molar refractivity (Wildman–Crippen MR) is 135 cm³/mol. The van der Waals surface area contributed by atoms with Crippen LogP contribution in [0.2, 0.25) is 18.1 Å². The van der Waals surface area contributed by atoms with E-state index in [1.807, 2.05) is 57.2 Å². The SMILES string of the molecule is COc1cccc(/C=C/C(OC(=O)[C@@H]2CCCN2C(=O)OC(C)(C)C)[Si](C)(C)C(C)(C)C)c1. The molecule has 2 atom stereocenters.